The van der Waals surface area contributed by atoms with Crippen molar-refractivity contribution < 1.29 is 36.2 Å². The minimum Gasteiger partial charge on any atom is -0.378 e. The Hall–Kier alpha value is -5.16. The van der Waals surface area contributed by atoms with E-state index in [1.54, 1.807) is 37.4 Å². The van der Waals surface area contributed by atoms with E-state index >= 15 is 8.78 Å². The molecule has 1 saturated carbocycles. The number of aliphatic hydroxyl groups is 1. The SMILES string of the molecule is Cn1[nH]c(=O)c2cccc(-c3ccc(C#CC(C)(C)O)nc3[C@@H](CC(=O)Cn3nc(C(F)F)c4c3C(F)(F)[C@@H]3C[C@H]43)Cc3cc(F)cc(F)c3)c21. The number of aromatic amines is 1. The van der Waals surface area contributed by atoms with E-state index in [1.807, 2.05) is 0 Å². The molecule has 0 radical (unpaired) electrons. The Morgan fingerprint density at radius 3 is 2.51 bits per heavy atom. The highest BCUT2D eigenvalue weighted by molar-refractivity contribution is 5.94. The molecule has 2 N–H and O–H groups in total. The van der Waals surface area contributed by atoms with Gasteiger partial charge in [0.2, 0.25) is 0 Å². The molecule has 0 amide bonds. The van der Waals surface area contributed by atoms with Crippen LogP contribution in [0.2, 0.25) is 0 Å². The molecule has 5 aromatic rings. The Bertz CT molecular complexity index is 2320. The molecular weight excluding hydrogens is 676 g/mol. The summed E-state index contributed by atoms with van der Waals surface area (Å²) in [5.74, 6) is -3.21. The predicted molar refractivity (Wildman–Crippen MR) is 174 cm³/mol. The first-order chi connectivity index (χ1) is 24.0. The molecule has 0 spiro atoms. The predicted octanol–water partition coefficient (Wildman–Crippen LogP) is 6.66. The van der Waals surface area contributed by atoms with Gasteiger partial charge in [0.25, 0.3) is 17.9 Å². The second kappa shape index (κ2) is 12.3. The molecule has 7 rings (SSSR count). The number of pyridine rings is 1. The molecule has 0 unspecified atom stereocenters. The number of nitrogens with one attached hydrogen (secondary N) is 1. The Labute approximate surface area is 287 Å². The van der Waals surface area contributed by atoms with E-state index in [-0.39, 0.29) is 40.9 Å². The zero-order chi connectivity index (χ0) is 36.6. The minimum absolute atomic E-state index is 0.0618. The zero-order valence-corrected chi connectivity index (χ0v) is 27.6. The number of aromatic nitrogens is 5. The van der Waals surface area contributed by atoms with Crippen molar-refractivity contribution in [3.05, 3.63) is 104 Å². The summed E-state index contributed by atoms with van der Waals surface area (Å²) in [6.45, 7) is 2.19. The summed E-state index contributed by atoms with van der Waals surface area (Å²) in [5, 5.41) is 17.1. The maximum Gasteiger partial charge on any atom is 0.293 e. The molecular formula is C37H31F6N5O3. The van der Waals surface area contributed by atoms with Gasteiger partial charge in [-0.05, 0) is 74.4 Å². The third-order valence-corrected chi connectivity index (χ3v) is 9.35. The van der Waals surface area contributed by atoms with E-state index in [1.165, 1.54) is 18.5 Å². The molecule has 1 fully saturated rings. The number of halogens is 6. The van der Waals surface area contributed by atoms with Crippen molar-refractivity contribution in [2.24, 2.45) is 13.0 Å². The summed E-state index contributed by atoms with van der Waals surface area (Å²) >= 11 is 0. The third kappa shape index (κ3) is 6.35. The van der Waals surface area contributed by atoms with Crippen molar-refractivity contribution in [2.75, 3.05) is 0 Å². The molecule has 3 atom stereocenters. The van der Waals surface area contributed by atoms with Crippen molar-refractivity contribution in [1.82, 2.24) is 24.5 Å². The Morgan fingerprint density at radius 1 is 1.10 bits per heavy atom. The van der Waals surface area contributed by atoms with Crippen LogP contribution in [0.25, 0.3) is 22.0 Å². The molecule has 14 heteroatoms. The number of H-pyrrole nitrogens is 1. The zero-order valence-electron chi connectivity index (χ0n) is 27.6. The third-order valence-electron chi connectivity index (χ3n) is 9.35. The van der Waals surface area contributed by atoms with Crippen LogP contribution in [0.5, 0.6) is 0 Å². The lowest BCUT2D eigenvalue weighted by Crippen LogP contribution is -2.24. The molecule has 264 valence electrons. The lowest BCUT2D eigenvalue weighted by atomic mass is 9.86. The number of aryl methyl sites for hydroxylation is 1. The van der Waals surface area contributed by atoms with Crippen LogP contribution in [0.1, 0.15) is 78.9 Å². The van der Waals surface area contributed by atoms with Crippen LogP contribution in [-0.2, 0) is 30.7 Å². The van der Waals surface area contributed by atoms with Gasteiger partial charge < -0.3 is 5.11 Å². The van der Waals surface area contributed by atoms with Crippen molar-refractivity contribution >= 4 is 16.7 Å². The monoisotopic (exact) mass is 707 g/mol. The van der Waals surface area contributed by atoms with Crippen molar-refractivity contribution in [3.63, 3.8) is 0 Å². The highest BCUT2D eigenvalue weighted by atomic mass is 19.3. The number of ketones is 1. The maximum atomic E-state index is 15.3. The second-order valence-electron chi connectivity index (χ2n) is 13.7. The number of fused-ring (bicyclic) bond motifs is 4. The van der Waals surface area contributed by atoms with E-state index in [4.69, 9.17) is 4.98 Å². The number of carbonyl (C=O) groups excluding carboxylic acids is 1. The number of rotatable bonds is 9. The van der Waals surface area contributed by atoms with Gasteiger partial charge in [0.05, 0.1) is 16.6 Å². The molecule has 51 heavy (non-hydrogen) atoms. The van der Waals surface area contributed by atoms with Gasteiger partial charge in [-0.2, -0.15) is 13.9 Å². The van der Waals surface area contributed by atoms with Crippen molar-refractivity contribution in [3.8, 4) is 23.0 Å². The fourth-order valence-corrected chi connectivity index (χ4v) is 7.24. The highest BCUT2D eigenvalue weighted by Gasteiger charge is 2.67. The minimum atomic E-state index is -3.44. The van der Waals surface area contributed by atoms with Crippen LogP contribution in [0.3, 0.4) is 0 Å². The van der Waals surface area contributed by atoms with Crippen LogP contribution >= 0.6 is 0 Å². The number of hydrogen-bond donors (Lipinski definition) is 2. The summed E-state index contributed by atoms with van der Waals surface area (Å²) < 4.78 is 89.5. The number of nitrogens with zero attached hydrogens (tertiary/aromatic N) is 4. The number of hydrogen-bond acceptors (Lipinski definition) is 5. The van der Waals surface area contributed by atoms with E-state index in [9.17, 15) is 32.3 Å². The smallest absolute Gasteiger partial charge is 0.293 e. The summed E-state index contributed by atoms with van der Waals surface area (Å²) in [6, 6.07) is 11.1. The van der Waals surface area contributed by atoms with E-state index in [0.717, 1.165) is 12.1 Å². The van der Waals surface area contributed by atoms with Gasteiger partial charge in [0, 0.05) is 48.1 Å². The molecule has 8 nitrogen and oxygen atoms in total. The van der Waals surface area contributed by atoms with E-state index in [0.29, 0.717) is 32.8 Å². The average Bonchev–Trinajstić information content (AvgIpc) is 3.60. The largest absolute Gasteiger partial charge is 0.378 e. The maximum absolute atomic E-state index is 15.3. The first kappa shape index (κ1) is 34.3. The Morgan fingerprint density at radius 2 is 1.82 bits per heavy atom. The molecule has 2 aliphatic carbocycles. The van der Waals surface area contributed by atoms with Crippen LogP contribution in [0, 0.1) is 29.4 Å². The standard InChI is InChI=1S/C37H31F6N5O3/c1-36(2,51)10-9-22-7-8-24(25-5-4-6-26-32(25)47(3)46-35(26)50)30(44-22)19(11-18-12-20(38)15-21(39)13-18)14-23(49)17-48-33-29(31(45-48)34(40)41)27-16-28(27)37(33,42)43/h4-8,12-13,15,19,27-28,34,51H,11,14,16-17H2,1-3H3,(H,46,50)/t19-,27+,28-/m1/s1. The Kier molecular flexibility index (Phi) is 8.24. The summed E-state index contributed by atoms with van der Waals surface area (Å²) in [6.07, 6.45) is -3.65. The van der Waals surface area contributed by atoms with Crippen molar-refractivity contribution in [2.45, 2.75) is 69.4 Å². The quantitative estimate of drug-likeness (QED) is 0.132. The number of carbonyl (C=O) groups is 1. The van der Waals surface area contributed by atoms with Gasteiger partial charge in [-0.25, -0.2) is 22.5 Å². The van der Waals surface area contributed by atoms with Gasteiger partial charge in [-0.3, -0.25) is 24.1 Å². The number of benzene rings is 2. The Balaban J connectivity index is 1.36. The van der Waals surface area contributed by atoms with E-state index in [2.05, 4.69) is 22.0 Å². The molecule has 2 aliphatic rings. The molecule has 0 saturated heterocycles. The molecule has 3 aromatic heterocycles. The fourth-order valence-electron chi connectivity index (χ4n) is 7.24. The lowest BCUT2D eigenvalue weighted by molar-refractivity contribution is -0.120. The fraction of sp³-hybridized carbons (Fsp3) is 0.351. The van der Waals surface area contributed by atoms with Gasteiger partial charge in [-0.1, -0.05) is 18.1 Å². The average molecular weight is 708 g/mol. The summed E-state index contributed by atoms with van der Waals surface area (Å²) in [4.78, 5) is 31.3. The van der Waals surface area contributed by atoms with E-state index < -0.39 is 77.5 Å². The van der Waals surface area contributed by atoms with Crippen LogP contribution in [0.4, 0.5) is 26.3 Å². The molecule has 2 aromatic carbocycles. The highest BCUT2D eigenvalue weighted by Crippen LogP contribution is 2.68. The van der Waals surface area contributed by atoms with Gasteiger partial charge in [0.15, 0.2) is 5.78 Å². The normalized spacial score (nSPS) is 18.0. The summed E-state index contributed by atoms with van der Waals surface area (Å²) in [7, 11) is 1.63. The van der Waals surface area contributed by atoms with Crippen LogP contribution < -0.4 is 5.56 Å². The second-order valence-corrected chi connectivity index (χ2v) is 13.7. The van der Waals surface area contributed by atoms with Crippen molar-refractivity contribution in [1.29, 1.82) is 0 Å². The lowest BCUT2D eigenvalue weighted by Gasteiger charge is -2.21. The van der Waals surface area contributed by atoms with Crippen LogP contribution in [-0.4, -0.2) is 41.0 Å². The number of Topliss-reactive ketones (excluding diaryl/α,β-unsaturated/α-hetero) is 1. The molecule has 3 heterocycles. The molecule has 0 aliphatic heterocycles. The van der Waals surface area contributed by atoms with Gasteiger partial charge >= 0.3 is 0 Å². The number of alkyl halides is 4. The first-order valence-electron chi connectivity index (χ1n) is 16.2. The number of para-hydroxylation sites is 1. The van der Waals surface area contributed by atoms with Crippen LogP contribution in [0.15, 0.2) is 53.3 Å². The summed E-state index contributed by atoms with van der Waals surface area (Å²) in [5.41, 5.74) is -1.39. The first-order valence-corrected chi connectivity index (χ1v) is 16.2. The van der Waals surface area contributed by atoms with Gasteiger partial charge in [-0.15, -0.1) is 0 Å². The topological polar surface area (TPSA) is 106 Å². The molecule has 0 bridgehead atoms. The van der Waals surface area contributed by atoms with Gasteiger partial charge in [0.1, 0.15) is 40.9 Å².